The first-order valence-corrected chi connectivity index (χ1v) is 8.69. The maximum Gasteiger partial charge on any atom is 0.122 e. The van der Waals surface area contributed by atoms with E-state index in [-0.39, 0.29) is 0 Å². The molecule has 0 aromatic heterocycles. The van der Waals surface area contributed by atoms with Gasteiger partial charge >= 0.3 is 0 Å². The van der Waals surface area contributed by atoms with Gasteiger partial charge in [-0.1, -0.05) is 13.0 Å². The third-order valence-electron chi connectivity index (χ3n) is 3.96. The fourth-order valence-electron chi connectivity index (χ4n) is 2.73. The normalized spacial score (nSPS) is 14.4. The lowest BCUT2D eigenvalue weighted by Crippen LogP contribution is -2.09. The van der Waals surface area contributed by atoms with Crippen LogP contribution in [0.2, 0.25) is 0 Å². The van der Waals surface area contributed by atoms with Gasteiger partial charge in [0.15, 0.2) is 0 Å². The minimum atomic E-state index is 0.344. The molecule has 0 spiro atoms. The van der Waals surface area contributed by atoms with Gasteiger partial charge < -0.3 is 10.1 Å². The molecule has 2 nitrogen and oxygen atoms in total. The first-order chi connectivity index (χ1) is 10.3. The van der Waals surface area contributed by atoms with Crippen LogP contribution >= 0.6 is 11.8 Å². The number of benzene rings is 2. The van der Waals surface area contributed by atoms with Gasteiger partial charge in [0.25, 0.3) is 0 Å². The molecular formula is C18H21NOS. The molecule has 3 rings (SSSR count). The molecule has 0 saturated heterocycles. The van der Waals surface area contributed by atoms with Crippen LogP contribution in [-0.2, 0) is 6.42 Å². The van der Waals surface area contributed by atoms with E-state index in [1.54, 1.807) is 11.8 Å². The number of thioether (sulfide) groups is 1. The molecule has 0 aliphatic carbocycles. The molecule has 0 bridgehead atoms. The van der Waals surface area contributed by atoms with Gasteiger partial charge in [-0.05, 0) is 60.2 Å². The van der Waals surface area contributed by atoms with Crippen LogP contribution in [-0.4, -0.2) is 12.9 Å². The highest BCUT2D eigenvalue weighted by Gasteiger charge is 2.16. The summed E-state index contributed by atoms with van der Waals surface area (Å²) in [6, 6.07) is 15.6. The Morgan fingerprint density at radius 1 is 1.19 bits per heavy atom. The van der Waals surface area contributed by atoms with E-state index in [0.29, 0.717) is 6.04 Å². The second kappa shape index (κ2) is 6.44. The number of rotatable bonds is 5. The molecule has 1 atom stereocenters. The van der Waals surface area contributed by atoms with Gasteiger partial charge in [0.05, 0.1) is 12.6 Å². The lowest BCUT2D eigenvalue weighted by Gasteiger charge is -2.19. The van der Waals surface area contributed by atoms with E-state index >= 15 is 0 Å². The van der Waals surface area contributed by atoms with Gasteiger partial charge in [0, 0.05) is 17.0 Å². The van der Waals surface area contributed by atoms with Crippen molar-refractivity contribution in [1.29, 1.82) is 0 Å². The molecule has 1 unspecified atom stereocenters. The van der Waals surface area contributed by atoms with E-state index < -0.39 is 0 Å². The van der Waals surface area contributed by atoms with Crippen LogP contribution in [0.15, 0.2) is 47.4 Å². The zero-order chi connectivity index (χ0) is 14.7. The van der Waals surface area contributed by atoms with Crippen LogP contribution in [0, 0.1) is 0 Å². The van der Waals surface area contributed by atoms with Crippen LogP contribution < -0.4 is 10.1 Å². The van der Waals surface area contributed by atoms with E-state index in [4.69, 9.17) is 4.74 Å². The highest BCUT2D eigenvalue weighted by Crippen LogP contribution is 2.31. The summed E-state index contributed by atoms with van der Waals surface area (Å²) in [6.45, 7) is 3.04. The fourth-order valence-corrected chi connectivity index (χ4v) is 3.14. The molecule has 0 amide bonds. The van der Waals surface area contributed by atoms with Gasteiger partial charge in [-0.25, -0.2) is 0 Å². The molecule has 110 valence electrons. The third kappa shape index (κ3) is 3.18. The minimum absolute atomic E-state index is 0.344. The van der Waals surface area contributed by atoms with E-state index in [9.17, 15) is 0 Å². The summed E-state index contributed by atoms with van der Waals surface area (Å²) in [5, 5.41) is 3.64. The second-order valence-corrected chi connectivity index (χ2v) is 6.18. The predicted molar refractivity (Wildman–Crippen MR) is 90.5 cm³/mol. The van der Waals surface area contributed by atoms with Crippen molar-refractivity contribution in [2.75, 3.05) is 18.2 Å². The summed E-state index contributed by atoms with van der Waals surface area (Å²) in [6.07, 6.45) is 4.19. The minimum Gasteiger partial charge on any atom is -0.493 e. The molecule has 3 heteroatoms. The molecule has 1 N–H and O–H groups in total. The Balaban J connectivity index is 1.78. The standard InChI is InChI=1S/C18H21NOS/c1-3-17(19-15-5-7-16(21-2)8-6-15)13-4-9-18-14(12-13)10-11-20-18/h4-9,12,17,19H,3,10-11H2,1-2H3. The molecule has 2 aromatic carbocycles. The van der Waals surface area contributed by atoms with Crippen molar-refractivity contribution < 1.29 is 4.74 Å². The number of ether oxygens (including phenoxy) is 1. The quantitative estimate of drug-likeness (QED) is 0.793. The number of anilines is 1. The summed E-state index contributed by atoms with van der Waals surface area (Å²) >= 11 is 1.77. The van der Waals surface area contributed by atoms with Gasteiger partial charge in [0.1, 0.15) is 5.75 Å². The average Bonchev–Trinajstić information content (AvgIpc) is 3.00. The molecule has 2 aromatic rings. The monoisotopic (exact) mass is 299 g/mol. The average molecular weight is 299 g/mol. The number of hydrogen-bond donors (Lipinski definition) is 1. The van der Waals surface area contributed by atoms with Crippen molar-refractivity contribution in [3.8, 4) is 5.75 Å². The first-order valence-electron chi connectivity index (χ1n) is 7.46. The van der Waals surface area contributed by atoms with E-state index in [0.717, 1.165) is 25.2 Å². The number of nitrogens with one attached hydrogen (secondary N) is 1. The fraction of sp³-hybridized carbons (Fsp3) is 0.333. The molecule has 1 heterocycles. The van der Waals surface area contributed by atoms with Gasteiger partial charge in [-0.2, -0.15) is 0 Å². The maximum atomic E-state index is 5.59. The summed E-state index contributed by atoms with van der Waals surface area (Å²) in [7, 11) is 0. The summed E-state index contributed by atoms with van der Waals surface area (Å²) in [4.78, 5) is 1.29. The summed E-state index contributed by atoms with van der Waals surface area (Å²) < 4.78 is 5.59. The molecule has 0 radical (unpaired) electrons. The third-order valence-corrected chi connectivity index (χ3v) is 4.70. The molecular weight excluding hydrogens is 278 g/mol. The second-order valence-electron chi connectivity index (χ2n) is 5.30. The zero-order valence-electron chi connectivity index (χ0n) is 12.6. The Hall–Kier alpha value is -1.61. The topological polar surface area (TPSA) is 21.3 Å². The van der Waals surface area contributed by atoms with Crippen LogP contribution in [0.1, 0.15) is 30.5 Å². The van der Waals surface area contributed by atoms with Crippen molar-refractivity contribution in [3.05, 3.63) is 53.6 Å². The molecule has 1 aliphatic rings. The van der Waals surface area contributed by atoms with Crippen molar-refractivity contribution in [2.24, 2.45) is 0 Å². The van der Waals surface area contributed by atoms with E-state index in [1.807, 2.05) is 0 Å². The van der Waals surface area contributed by atoms with Crippen molar-refractivity contribution in [2.45, 2.75) is 30.7 Å². The summed E-state index contributed by atoms with van der Waals surface area (Å²) in [5.74, 6) is 1.05. The van der Waals surface area contributed by atoms with Gasteiger partial charge in [0.2, 0.25) is 0 Å². The highest BCUT2D eigenvalue weighted by atomic mass is 32.2. The first kappa shape index (κ1) is 14.3. The maximum absolute atomic E-state index is 5.59. The van der Waals surface area contributed by atoms with Gasteiger partial charge in [-0.15, -0.1) is 11.8 Å². The van der Waals surface area contributed by atoms with Crippen molar-refractivity contribution in [1.82, 2.24) is 0 Å². The van der Waals surface area contributed by atoms with E-state index in [1.165, 1.54) is 21.7 Å². The lowest BCUT2D eigenvalue weighted by molar-refractivity contribution is 0.357. The molecule has 1 aliphatic heterocycles. The Morgan fingerprint density at radius 2 is 2.00 bits per heavy atom. The zero-order valence-corrected chi connectivity index (χ0v) is 13.4. The smallest absolute Gasteiger partial charge is 0.122 e. The highest BCUT2D eigenvalue weighted by molar-refractivity contribution is 7.98. The van der Waals surface area contributed by atoms with Crippen molar-refractivity contribution >= 4 is 17.4 Å². The Kier molecular flexibility index (Phi) is 4.39. The lowest BCUT2D eigenvalue weighted by atomic mass is 10.0. The Labute approximate surface area is 130 Å². The predicted octanol–water partition coefficient (Wildman–Crippen LogP) is 4.91. The van der Waals surface area contributed by atoms with Crippen LogP contribution in [0.5, 0.6) is 5.75 Å². The Bertz CT molecular complexity index is 609. The van der Waals surface area contributed by atoms with Gasteiger partial charge in [-0.3, -0.25) is 0 Å². The molecule has 0 saturated carbocycles. The molecule has 0 fully saturated rings. The van der Waals surface area contributed by atoms with Crippen molar-refractivity contribution in [3.63, 3.8) is 0 Å². The SMILES string of the molecule is CCC(Nc1ccc(SC)cc1)c1ccc2c(c1)CCO2. The Morgan fingerprint density at radius 3 is 2.71 bits per heavy atom. The number of hydrogen-bond acceptors (Lipinski definition) is 3. The van der Waals surface area contributed by atoms with E-state index in [2.05, 4.69) is 61.0 Å². The van der Waals surface area contributed by atoms with Crippen LogP contribution in [0.3, 0.4) is 0 Å². The largest absolute Gasteiger partial charge is 0.493 e. The van der Waals surface area contributed by atoms with Crippen LogP contribution in [0.4, 0.5) is 5.69 Å². The molecule has 21 heavy (non-hydrogen) atoms. The summed E-state index contributed by atoms with van der Waals surface area (Å²) in [5.41, 5.74) is 3.86. The van der Waals surface area contributed by atoms with Crippen LogP contribution in [0.25, 0.3) is 0 Å². The number of fused-ring (bicyclic) bond motifs is 1.